The molecule has 2 aromatic rings. The van der Waals surface area contributed by atoms with Crippen molar-refractivity contribution < 1.29 is 0 Å². The van der Waals surface area contributed by atoms with E-state index in [-0.39, 0.29) is 0 Å². The zero-order chi connectivity index (χ0) is 8.55. The van der Waals surface area contributed by atoms with Crippen LogP contribution >= 0.6 is 0 Å². The molecule has 0 aliphatic heterocycles. The highest BCUT2D eigenvalue weighted by atomic mass is 15.1. The van der Waals surface area contributed by atoms with Gasteiger partial charge < -0.3 is 0 Å². The fourth-order valence-corrected chi connectivity index (χ4v) is 1.17. The fourth-order valence-electron chi connectivity index (χ4n) is 1.17. The van der Waals surface area contributed by atoms with Gasteiger partial charge >= 0.3 is 0 Å². The van der Waals surface area contributed by atoms with E-state index in [2.05, 4.69) is 35.1 Å². The van der Waals surface area contributed by atoms with Crippen molar-refractivity contribution in [1.82, 2.24) is 15.2 Å². The number of aromatic amines is 1. The highest BCUT2D eigenvalue weighted by Crippen LogP contribution is 2.16. The van der Waals surface area contributed by atoms with Gasteiger partial charge in [0.25, 0.3) is 0 Å². The van der Waals surface area contributed by atoms with Crippen molar-refractivity contribution in [2.24, 2.45) is 0 Å². The number of nitrogens with zero attached hydrogens (tertiary/aromatic N) is 2. The number of hydrogen-bond donors (Lipinski definition) is 1. The highest BCUT2D eigenvalue weighted by Gasteiger charge is 2.02. The summed E-state index contributed by atoms with van der Waals surface area (Å²) in [7, 11) is 0. The molecule has 0 bridgehead atoms. The van der Waals surface area contributed by atoms with Crippen LogP contribution in [0.25, 0.3) is 11.0 Å². The van der Waals surface area contributed by atoms with E-state index in [4.69, 9.17) is 0 Å². The van der Waals surface area contributed by atoms with Crippen molar-refractivity contribution in [2.75, 3.05) is 0 Å². The number of pyridine rings is 1. The van der Waals surface area contributed by atoms with Crippen molar-refractivity contribution in [3.05, 3.63) is 24.0 Å². The van der Waals surface area contributed by atoms with E-state index in [1.165, 1.54) is 5.56 Å². The minimum absolute atomic E-state index is 0.525. The molecule has 12 heavy (non-hydrogen) atoms. The third kappa shape index (κ3) is 1.07. The molecule has 0 spiro atoms. The monoisotopic (exact) mass is 161 g/mol. The lowest BCUT2D eigenvalue weighted by Crippen LogP contribution is -1.88. The number of fused-ring (bicyclic) bond motifs is 1. The summed E-state index contributed by atoms with van der Waals surface area (Å²) in [6.07, 6.45) is 3.75. The molecule has 0 saturated carbocycles. The number of rotatable bonds is 1. The van der Waals surface area contributed by atoms with Crippen molar-refractivity contribution >= 4 is 11.0 Å². The van der Waals surface area contributed by atoms with Crippen LogP contribution in [-0.2, 0) is 0 Å². The molecular formula is C9H11N3. The Morgan fingerprint density at radius 1 is 1.42 bits per heavy atom. The summed E-state index contributed by atoms with van der Waals surface area (Å²) in [6, 6.07) is 2.12. The SMILES string of the molecule is CC(C)c1cnc2n[nH]cc2c1. The minimum Gasteiger partial charge on any atom is -0.283 e. The Morgan fingerprint density at radius 3 is 3.00 bits per heavy atom. The first-order valence-corrected chi connectivity index (χ1v) is 4.07. The predicted molar refractivity (Wildman–Crippen MR) is 48.0 cm³/mol. The van der Waals surface area contributed by atoms with E-state index in [1.807, 2.05) is 12.4 Å². The lowest BCUT2D eigenvalue weighted by molar-refractivity contribution is 0.861. The summed E-state index contributed by atoms with van der Waals surface area (Å²) in [5, 5.41) is 7.86. The summed E-state index contributed by atoms with van der Waals surface area (Å²) >= 11 is 0. The number of hydrogen-bond acceptors (Lipinski definition) is 2. The normalized spacial score (nSPS) is 11.2. The molecular weight excluding hydrogens is 150 g/mol. The second-order valence-electron chi connectivity index (χ2n) is 3.22. The lowest BCUT2D eigenvalue weighted by Gasteiger charge is -2.02. The third-order valence-electron chi connectivity index (χ3n) is 1.97. The van der Waals surface area contributed by atoms with Gasteiger partial charge in [-0.05, 0) is 17.5 Å². The van der Waals surface area contributed by atoms with Gasteiger partial charge in [-0.1, -0.05) is 13.8 Å². The first-order chi connectivity index (χ1) is 5.77. The minimum atomic E-state index is 0.525. The smallest absolute Gasteiger partial charge is 0.180 e. The Hall–Kier alpha value is -1.38. The van der Waals surface area contributed by atoms with Crippen LogP contribution in [0.2, 0.25) is 0 Å². The first-order valence-electron chi connectivity index (χ1n) is 4.07. The average molecular weight is 161 g/mol. The van der Waals surface area contributed by atoms with E-state index in [0.29, 0.717) is 5.92 Å². The van der Waals surface area contributed by atoms with E-state index in [0.717, 1.165) is 11.0 Å². The van der Waals surface area contributed by atoms with Crippen LogP contribution in [-0.4, -0.2) is 15.2 Å². The van der Waals surface area contributed by atoms with Crippen molar-refractivity contribution in [2.45, 2.75) is 19.8 Å². The predicted octanol–water partition coefficient (Wildman–Crippen LogP) is 2.08. The number of nitrogens with one attached hydrogen (secondary N) is 1. The summed E-state index contributed by atoms with van der Waals surface area (Å²) in [4.78, 5) is 4.22. The number of H-pyrrole nitrogens is 1. The van der Waals surface area contributed by atoms with Gasteiger partial charge in [0.1, 0.15) is 0 Å². The number of aromatic nitrogens is 3. The Balaban J connectivity index is 2.60. The van der Waals surface area contributed by atoms with Crippen LogP contribution in [0, 0.1) is 0 Å². The maximum absolute atomic E-state index is 4.22. The molecule has 0 saturated heterocycles. The van der Waals surface area contributed by atoms with Crippen LogP contribution in [0.5, 0.6) is 0 Å². The van der Waals surface area contributed by atoms with Crippen LogP contribution in [0.4, 0.5) is 0 Å². The van der Waals surface area contributed by atoms with Gasteiger partial charge in [-0.3, -0.25) is 5.10 Å². The Morgan fingerprint density at radius 2 is 2.25 bits per heavy atom. The largest absolute Gasteiger partial charge is 0.283 e. The van der Waals surface area contributed by atoms with Crippen molar-refractivity contribution in [3.8, 4) is 0 Å². The molecule has 2 rings (SSSR count). The Bertz CT molecular complexity index is 389. The molecule has 0 aliphatic rings. The molecule has 0 aromatic carbocycles. The Labute approximate surface area is 70.8 Å². The molecule has 3 nitrogen and oxygen atoms in total. The van der Waals surface area contributed by atoms with Crippen molar-refractivity contribution in [3.63, 3.8) is 0 Å². The Kier molecular flexibility index (Phi) is 1.57. The molecule has 0 atom stereocenters. The quantitative estimate of drug-likeness (QED) is 0.695. The molecule has 0 amide bonds. The van der Waals surface area contributed by atoms with Gasteiger partial charge in [0.2, 0.25) is 0 Å². The van der Waals surface area contributed by atoms with E-state index >= 15 is 0 Å². The molecule has 2 aromatic heterocycles. The van der Waals surface area contributed by atoms with Gasteiger partial charge in [0, 0.05) is 17.8 Å². The molecule has 62 valence electrons. The summed E-state index contributed by atoms with van der Waals surface area (Å²) in [5.41, 5.74) is 2.04. The van der Waals surface area contributed by atoms with Gasteiger partial charge in [0.05, 0.1) is 0 Å². The third-order valence-corrected chi connectivity index (χ3v) is 1.97. The summed E-state index contributed by atoms with van der Waals surface area (Å²) < 4.78 is 0. The lowest BCUT2D eigenvalue weighted by atomic mass is 10.1. The molecule has 0 radical (unpaired) electrons. The summed E-state index contributed by atoms with van der Waals surface area (Å²) in [6.45, 7) is 4.31. The zero-order valence-corrected chi connectivity index (χ0v) is 7.20. The standard InChI is InChI=1S/C9H11N3/c1-6(2)7-3-8-5-11-12-9(8)10-4-7/h3-6H,1-2H3,(H,10,11,12). The highest BCUT2D eigenvalue weighted by molar-refractivity contribution is 5.74. The molecule has 3 heteroatoms. The maximum Gasteiger partial charge on any atom is 0.180 e. The second-order valence-corrected chi connectivity index (χ2v) is 3.22. The molecule has 1 N–H and O–H groups in total. The van der Waals surface area contributed by atoms with Crippen LogP contribution < -0.4 is 0 Å². The fraction of sp³-hybridized carbons (Fsp3) is 0.333. The van der Waals surface area contributed by atoms with Gasteiger partial charge in [-0.15, -0.1) is 0 Å². The van der Waals surface area contributed by atoms with E-state index in [1.54, 1.807) is 0 Å². The zero-order valence-electron chi connectivity index (χ0n) is 7.20. The molecule has 0 fully saturated rings. The summed E-state index contributed by atoms with van der Waals surface area (Å²) in [5.74, 6) is 0.525. The van der Waals surface area contributed by atoms with E-state index < -0.39 is 0 Å². The van der Waals surface area contributed by atoms with E-state index in [9.17, 15) is 0 Å². The topological polar surface area (TPSA) is 41.6 Å². The molecule has 2 heterocycles. The maximum atomic E-state index is 4.22. The van der Waals surface area contributed by atoms with Gasteiger partial charge in [-0.25, -0.2) is 4.98 Å². The molecule has 0 unspecified atom stereocenters. The average Bonchev–Trinajstić information content (AvgIpc) is 2.49. The van der Waals surface area contributed by atoms with Gasteiger partial charge in [-0.2, -0.15) is 5.10 Å². The molecule has 0 aliphatic carbocycles. The van der Waals surface area contributed by atoms with Crippen LogP contribution in [0.3, 0.4) is 0 Å². The van der Waals surface area contributed by atoms with Crippen LogP contribution in [0.15, 0.2) is 18.5 Å². The second kappa shape index (κ2) is 2.59. The van der Waals surface area contributed by atoms with Crippen molar-refractivity contribution in [1.29, 1.82) is 0 Å². The van der Waals surface area contributed by atoms with Gasteiger partial charge in [0.15, 0.2) is 5.65 Å². The van der Waals surface area contributed by atoms with Crippen LogP contribution in [0.1, 0.15) is 25.3 Å². The first kappa shape index (κ1) is 7.28.